The fourth-order valence-corrected chi connectivity index (χ4v) is 2.57. The molecule has 0 saturated heterocycles. The number of carbonyl (C=O) groups excluding carboxylic acids is 1. The van der Waals surface area contributed by atoms with E-state index in [0.717, 1.165) is 10.7 Å². The molecule has 0 aliphatic rings. The number of halogens is 3. The second-order valence-electron chi connectivity index (χ2n) is 5.73. The number of amides is 1. The van der Waals surface area contributed by atoms with Crippen LogP contribution in [-0.2, 0) is 17.4 Å². The first-order chi connectivity index (χ1) is 12.3. The zero-order valence-corrected chi connectivity index (χ0v) is 13.9. The molecule has 0 radical (unpaired) electrons. The lowest BCUT2D eigenvalue weighted by Crippen LogP contribution is -2.17. The van der Waals surface area contributed by atoms with Gasteiger partial charge in [0.05, 0.1) is 23.2 Å². The first-order valence-electron chi connectivity index (χ1n) is 7.90. The number of carbonyl (C=O) groups is 1. The molecule has 2 aromatic heterocycles. The highest BCUT2D eigenvalue weighted by molar-refractivity contribution is 5.90. The average molecular weight is 363 g/mol. The molecule has 1 aromatic carbocycles. The quantitative estimate of drug-likeness (QED) is 0.733. The third-order valence-corrected chi connectivity index (χ3v) is 3.72. The monoisotopic (exact) mass is 363 g/mol. The summed E-state index contributed by atoms with van der Waals surface area (Å²) in [6, 6.07) is 10.1. The van der Waals surface area contributed by atoms with Crippen molar-refractivity contribution in [3.8, 4) is 5.69 Å². The second-order valence-corrected chi connectivity index (χ2v) is 5.73. The number of hydrogen-bond donors (Lipinski definition) is 1. The molecule has 0 spiro atoms. The van der Waals surface area contributed by atoms with Crippen molar-refractivity contribution in [2.45, 2.75) is 25.9 Å². The molecule has 26 heavy (non-hydrogen) atoms. The van der Waals surface area contributed by atoms with Gasteiger partial charge < -0.3 is 9.73 Å². The van der Waals surface area contributed by atoms with Crippen LogP contribution in [0.3, 0.4) is 0 Å². The molecule has 3 rings (SSSR count). The van der Waals surface area contributed by atoms with Gasteiger partial charge in [0.1, 0.15) is 11.6 Å². The van der Waals surface area contributed by atoms with Crippen LogP contribution in [0.15, 0.2) is 53.1 Å². The van der Waals surface area contributed by atoms with Gasteiger partial charge in [0.2, 0.25) is 5.91 Å². The van der Waals surface area contributed by atoms with Crippen molar-refractivity contribution in [1.29, 1.82) is 0 Å². The highest BCUT2D eigenvalue weighted by atomic mass is 19.4. The minimum atomic E-state index is -4.53. The lowest BCUT2D eigenvalue weighted by atomic mass is 10.1. The second kappa shape index (κ2) is 7.07. The van der Waals surface area contributed by atoms with Crippen molar-refractivity contribution in [3.63, 3.8) is 0 Å². The Balaban J connectivity index is 1.84. The molecular formula is C18H16F3N3O2. The van der Waals surface area contributed by atoms with E-state index < -0.39 is 11.7 Å². The van der Waals surface area contributed by atoms with Crippen LogP contribution in [0, 0.1) is 6.92 Å². The zero-order valence-electron chi connectivity index (χ0n) is 13.9. The summed E-state index contributed by atoms with van der Waals surface area (Å²) in [6.07, 6.45) is -2.49. The van der Waals surface area contributed by atoms with Crippen LogP contribution in [-0.4, -0.2) is 15.7 Å². The number of anilines is 1. The van der Waals surface area contributed by atoms with Crippen LogP contribution in [0.25, 0.3) is 5.69 Å². The minimum Gasteiger partial charge on any atom is -0.469 e. The number of nitrogens with one attached hydrogen (secondary N) is 1. The predicted molar refractivity (Wildman–Crippen MR) is 89.0 cm³/mol. The SMILES string of the molecule is Cc1cc(NC(=O)CCc2ccco2)n(-c2ccccc2C(F)(F)F)n1. The summed E-state index contributed by atoms with van der Waals surface area (Å²) in [5, 5.41) is 6.73. The molecule has 0 aliphatic carbocycles. The maximum Gasteiger partial charge on any atom is 0.418 e. The number of furan rings is 1. The Bertz CT molecular complexity index is 899. The van der Waals surface area contributed by atoms with Gasteiger partial charge in [0.25, 0.3) is 0 Å². The van der Waals surface area contributed by atoms with Crippen LogP contribution in [0.1, 0.15) is 23.4 Å². The smallest absolute Gasteiger partial charge is 0.418 e. The summed E-state index contributed by atoms with van der Waals surface area (Å²) in [4.78, 5) is 12.2. The van der Waals surface area contributed by atoms with Crippen molar-refractivity contribution >= 4 is 11.7 Å². The number of rotatable bonds is 5. The topological polar surface area (TPSA) is 60.1 Å². The van der Waals surface area contributed by atoms with E-state index in [4.69, 9.17) is 4.42 Å². The van der Waals surface area contributed by atoms with E-state index >= 15 is 0 Å². The number of aromatic nitrogens is 2. The molecule has 2 heterocycles. The molecule has 1 N–H and O–H groups in total. The van der Waals surface area contributed by atoms with Crippen LogP contribution >= 0.6 is 0 Å². The summed E-state index contributed by atoms with van der Waals surface area (Å²) in [5.41, 5.74) is -0.480. The third-order valence-electron chi connectivity index (χ3n) is 3.72. The number of benzene rings is 1. The van der Waals surface area contributed by atoms with Gasteiger partial charge >= 0.3 is 6.18 Å². The minimum absolute atomic E-state index is 0.138. The Kier molecular flexibility index (Phi) is 4.83. The van der Waals surface area contributed by atoms with Crippen LogP contribution in [0.2, 0.25) is 0 Å². The number of hydrogen-bond acceptors (Lipinski definition) is 3. The molecule has 5 nitrogen and oxygen atoms in total. The van der Waals surface area contributed by atoms with Gasteiger partial charge in [-0.2, -0.15) is 18.3 Å². The number of alkyl halides is 3. The Morgan fingerprint density at radius 2 is 2.00 bits per heavy atom. The van der Waals surface area contributed by atoms with Crippen LogP contribution in [0.5, 0.6) is 0 Å². The molecule has 8 heteroatoms. The lowest BCUT2D eigenvalue weighted by Gasteiger charge is -2.15. The highest BCUT2D eigenvalue weighted by Gasteiger charge is 2.34. The van der Waals surface area contributed by atoms with Gasteiger partial charge in [0.15, 0.2) is 0 Å². The molecule has 3 aromatic rings. The van der Waals surface area contributed by atoms with Gasteiger partial charge in [-0.05, 0) is 31.2 Å². The number of nitrogens with zero attached hydrogens (tertiary/aromatic N) is 2. The fraction of sp³-hybridized carbons (Fsp3) is 0.222. The van der Waals surface area contributed by atoms with E-state index in [1.165, 1.54) is 30.5 Å². The fourth-order valence-electron chi connectivity index (χ4n) is 2.57. The van der Waals surface area contributed by atoms with Gasteiger partial charge in [0, 0.05) is 18.9 Å². The first-order valence-corrected chi connectivity index (χ1v) is 7.90. The van der Waals surface area contributed by atoms with E-state index in [1.807, 2.05) is 0 Å². The Hall–Kier alpha value is -3.03. The van der Waals surface area contributed by atoms with Crippen molar-refractivity contribution in [1.82, 2.24) is 9.78 Å². The zero-order chi connectivity index (χ0) is 18.7. The standard InChI is InChI=1S/C18H16F3N3O2/c1-12-11-16(22-17(25)9-8-13-5-4-10-26-13)24(23-12)15-7-3-2-6-14(15)18(19,20)21/h2-7,10-11H,8-9H2,1H3,(H,22,25). The van der Waals surface area contributed by atoms with E-state index in [0.29, 0.717) is 17.9 Å². The van der Waals surface area contributed by atoms with Crippen LogP contribution in [0.4, 0.5) is 19.0 Å². The summed E-state index contributed by atoms with van der Waals surface area (Å²) in [5.74, 6) is 0.503. The molecule has 0 bridgehead atoms. The molecule has 0 unspecified atom stereocenters. The summed E-state index contributed by atoms with van der Waals surface area (Å²) < 4.78 is 46.1. The van der Waals surface area contributed by atoms with E-state index in [9.17, 15) is 18.0 Å². The lowest BCUT2D eigenvalue weighted by molar-refractivity contribution is -0.137. The molecule has 136 valence electrons. The van der Waals surface area contributed by atoms with Crippen molar-refractivity contribution < 1.29 is 22.4 Å². The van der Waals surface area contributed by atoms with Gasteiger partial charge in [-0.1, -0.05) is 12.1 Å². The Morgan fingerprint density at radius 1 is 1.23 bits per heavy atom. The maximum absolute atomic E-state index is 13.3. The van der Waals surface area contributed by atoms with Crippen LogP contribution < -0.4 is 5.32 Å². The maximum atomic E-state index is 13.3. The van der Waals surface area contributed by atoms with E-state index in [-0.39, 0.29) is 23.8 Å². The summed E-state index contributed by atoms with van der Waals surface area (Å²) in [6.45, 7) is 1.64. The number of para-hydroxylation sites is 1. The van der Waals surface area contributed by atoms with Crippen molar-refractivity contribution in [2.24, 2.45) is 0 Å². The summed E-state index contributed by atoms with van der Waals surface area (Å²) in [7, 11) is 0. The van der Waals surface area contributed by atoms with Gasteiger partial charge in [-0.25, -0.2) is 4.68 Å². The predicted octanol–water partition coefficient (Wildman–Crippen LogP) is 4.36. The van der Waals surface area contributed by atoms with Crippen molar-refractivity contribution in [3.05, 3.63) is 65.7 Å². The molecular weight excluding hydrogens is 347 g/mol. The average Bonchev–Trinajstić information content (AvgIpc) is 3.22. The third kappa shape index (κ3) is 3.96. The molecule has 0 fully saturated rings. The Labute approximate surface area is 147 Å². The first kappa shape index (κ1) is 17.8. The number of aryl methyl sites for hydroxylation is 2. The Morgan fingerprint density at radius 3 is 2.69 bits per heavy atom. The van der Waals surface area contributed by atoms with Crippen molar-refractivity contribution in [2.75, 3.05) is 5.32 Å². The van der Waals surface area contributed by atoms with E-state index in [2.05, 4.69) is 10.4 Å². The molecule has 0 saturated carbocycles. The van der Waals surface area contributed by atoms with Gasteiger partial charge in [-0.3, -0.25) is 4.79 Å². The molecule has 0 atom stereocenters. The largest absolute Gasteiger partial charge is 0.469 e. The van der Waals surface area contributed by atoms with Gasteiger partial charge in [-0.15, -0.1) is 0 Å². The van der Waals surface area contributed by atoms with E-state index in [1.54, 1.807) is 19.1 Å². The normalized spacial score (nSPS) is 11.5. The molecule has 0 aliphatic heterocycles. The highest BCUT2D eigenvalue weighted by Crippen LogP contribution is 2.34. The summed E-state index contributed by atoms with van der Waals surface area (Å²) >= 11 is 0. The molecule has 1 amide bonds.